The number of aromatic nitrogens is 3. The SMILES string of the molecule is Cn1nc(C[C@H]2CCCC[C@H]2NC(=O)c2cccc(C#N)c2)n(C)c1=O. The monoisotopic (exact) mass is 353 g/mol. The van der Waals surface area contributed by atoms with E-state index in [2.05, 4.69) is 16.5 Å². The lowest BCUT2D eigenvalue weighted by Crippen LogP contribution is -2.43. The van der Waals surface area contributed by atoms with E-state index in [1.165, 1.54) is 4.68 Å². The largest absolute Gasteiger partial charge is 0.349 e. The summed E-state index contributed by atoms with van der Waals surface area (Å²) in [7, 11) is 3.38. The van der Waals surface area contributed by atoms with Crippen LogP contribution in [0.1, 0.15) is 47.4 Å². The standard InChI is InChI=1S/C19H23N5O2/c1-23-17(22-24(2)19(23)26)11-14-7-3-4-9-16(14)21-18(25)15-8-5-6-13(10-15)12-20/h5-6,8,10,14,16H,3-4,7,9,11H2,1-2H3,(H,21,25)/t14-,16-/m1/s1. The predicted octanol–water partition coefficient (Wildman–Crippen LogP) is 1.52. The highest BCUT2D eigenvalue weighted by atomic mass is 16.2. The molecule has 1 aliphatic carbocycles. The van der Waals surface area contributed by atoms with Crippen molar-refractivity contribution in [1.29, 1.82) is 5.26 Å². The zero-order valence-electron chi connectivity index (χ0n) is 15.1. The molecule has 2 aromatic rings. The van der Waals surface area contributed by atoms with E-state index in [1.807, 2.05) is 0 Å². The predicted molar refractivity (Wildman–Crippen MR) is 96.5 cm³/mol. The maximum atomic E-state index is 12.6. The molecule has 0 saturated heterocycles. The lowest BCUT2D eigenvalue weighted by atomic mass is 9.82. The molecule has 0 bridgehead atoms. The van der Waals surface area contributed by atoms with Crippen LogP contribution in [-0.4, -0.2) is 26.3 Å². The number of hydrogen-bond acceptors (Lipinski definition) is 4. The molecule has 1 aromatic heterocycles. The molecule has 7 nitrogen and oxygen atoms in total. The summed E-state index contributed by atoms with van der Waals surface area (Å²) in [4.78, 5) is 24.5. The van der Waals surface area contributed by atoms with E-state index >= 15 is 0 Å². The number of nitriles is 1. The van der Waals surface area contributed by atoms with Gasteiger partial charge in [-0.05, 0) is 37.0 Å². The number of rotatable bonds is 4. The smallest absolute Gasteiger partial charge is 0.345 e. The number of carbonyl (C=O) groups excluding carboxylic acids is 1. The van der Waals surface area contributed by atoms with Crippen molar-refractivity contribution in [3.8, 4) is 6.07 Å². The van der Waals surface area contributed by atoms with E-state index in [0.29, 0.717) is 17.5 Å². The minimum absolute atomic E-state index is 0.0408. The maximum absolute atomic E-state index is 12.6. The van der Waals surface area contributed by atoms with Crippen molar-refractivity contribution < 1.29 is 4.79 Å². The molecular weight excluding hydrogens is 330 g/mol. The van der Waals surface area contributed by atoms with E-state index in [0.717, 1.165) is 31.5 Å². The van der Waals surface area contributed by atoms with Gasteiger partial charge in [0, 0.05) is 32.1 Å². The van der Waals surface area contributed by atoms with Crippen LogP contribution in [0.3, 0.4) is 0 Å². The summed E-state index contributed by atoms with van der Waals surface area (Å²) in [5.74, 6) is 0.830. The van der Waals surface area contributed by atoms with E-state index in [-0.39, 0.29) is 23.6 Å². The van der Waals surface area contributed by atoms with Crippen LogP contribution in [0.5, 0.6) is 0 Å². The molecule has 1 N–H and O–H groups in total. The zero-order chi connectivity index (χ0) is 18.7. The number of nitrogens with one attached hydrogen (secondary N) is 1. The number of nitrogens with zero attached hydrogens (tertiary/aromatic N) is 4. The first-order valence-corrected chi connectivity index (χ1v) is 8.89. The minimum Gasteiger partial charge on any atom is -0.349 e. The van der Waals surface area contributed by atoms with Gasteiger partial charge in [0.25, 0.3) is 5.91 Å². The Morgan fingerprint density at radius 3 is 2.81 bits per heavy atom. The second-order valence-corrected chi connectivity index (χ2v) is 6.90. The summed E-state index contributed by atoms with van der Waals surface area (Å²) in [6, 6.07) is 8.82. The Morgan fingerprint density at radius 2 is 2.12 bits per heavy atom. The van der Waals surface area contributed by atoms with Gasteiger partial charge in [-0.2, -0.15) is 10.4 Å². The fourth-order valence-corrected chi connectivity index (χ4v) is 3.65. The summed E-state index contributed by atoms with van der Waals surface area (Å²) < 4.78 is 2.92. The molecule has 26 heavy (non-hydrogen) atoms. The Labute approximate surface area is 152 Å². The quantitative estimate of drug-likeness (QED) is 0.902. The first kappa shape index (κ1) is 17.9. The van der Waals surface area contributed by atoms with Gasteiger partial charge in [-0.1, -0.05) is 18.9 Å². The molecule has 0 radical (unpaired) electrons. The summed E-state index contributed by atoms with van der Waals surface area (Å²) in [5, 5.41) is 16.4. The lowest BCUT2D eigenvalue weighted by Gasteiger charge is -2.32. The average molecular weight is 353 g/mol. The van der Waals surface area contributed by atoms with Crippen molar-refractivity contribution in [1.82, 2.24) is 19.7 Å². The van der Waals surface area contributed by atoms with Crippen LogP contribution in [0.2, 0.25) is 0 Å². The second-order valence-electron chi connectivity index (χ2n) is 6.90. The summed E-state index contributed by atoms with van der Waals surface area (Å²) in [5.41, 5.74) is 0.838. The average Bonchev–Trinajstić information content (AvgIpc) is 2.90. The molecular formula is C19H23N5O2. The Balaban J connectivity index is 1.74. The Bertz CT molecular complexity index is 905. The van der Waals surface area contributed by atoms with Gasteiger partial charge >= 0.3 is 5.69 Å². The van der Waals surface area contributed by atoms with Crippen molar-refractivity contribution >= 4 is 5.91 Å². The summed E-state index contributed by atoms with van der Waals surface area (Å²) in [6.45, 7) is 0. The minimum atomic E-state index is -0.158. The van der Waals surface area contributed by atoms with Gasteiger partial charge < -0.3 is 5.32 Å². The fraction of sp³-hybridized carbons (Fsp3) is 0.474. The normalized spacial score (nSPS) is 19.7. The number of hydrogen-bond donors (Lipinski definition) is 1. The van der Waals surface area contributed by atoms with Crippen LogP contribution in [0.15, 0.2) is 29.1 Å². The zero-order valence-corrected chi connectivity index (χ0v) is 15.1. The molecule has 1 heterocycles. The highest BCUT2D eigenvalue weighted by Gasteiger charge is 2.28. The summed E-state index contributed by atoms with van der Waals surface area (Å²) >= 11 is 0. The molecule has 7 heteroatoms. The number of carbonyl (C=O) groups is 1. The third-order valence-corrected chi connectivity index (χ3v) is 5.14. The number of aryl methyl sites for hydroxylation is 1. The van der Waals surface area contributed by atoms with Gasteiger partial charge in [0.15, 0.2) is 0 Å². The number of amides is 1. The molecule has 1 amide bonds. The van der Waals surface area contributed by atoms with Crippen molar-refractivity contribution in [3.05, 3.63) is 51.7 Å². The Morgan fingerprint density at radius 1 is 1.35 bits per heavy atom. The topological polar surface area (TPSA) is 92.7 Å². The molecule has 1 aliphatic rings. The highest BCUT2D eigenvalue weighted by Crippen LogP contribution is 2.27. The van der Waals surface area contributed by atoms with Gasteiger partial charge in [0.05, 0.1) is 11.6 Å². The molecule has 0 aliphatic heterocycles. The van der Waals surface area contributed by atoms with Gasteiger partial charge in [0.2, 0.25) is 0 Å². The van der Waals surface area contributed by atoms with E-state index in [9.17, 15) is 9.59 Å². The van der Waals surface area contributed by atoms with Crippen LogP contribution in [0.25, 0.3) is 0 Å². The first-order chi connectivity index (χ1) is 12.5. The molecule has 1 fully saturated rings. The third-order valence-electron chi connectivity index (χ3n) is 5.14. The highest BCUT2D eigenvalue weighted by molar-refractivity contribution is 5.94. The maximum Gasteiger partial charge on any atom is 0.345 e. The Hall–Kier alpha value is -2.88. The fourth-order valence-electron chi connectivity index (χ4n) is 3.65. The van der Waals surface area contributed by atoms with E-state index < -0.39 is 0 Å². The van der Waals surface area contributed by atoms with Gasteiger partial charge in [-0.3, -0.25) is 9.36 Å². The molecule has 0 spiro atoms. The van der Waals surface area contributed by atoms with E-state index in [4.69, 9.17) is 5.26 Å². The molecule has 1 saturated carbocycles. The molecule has 3 rings (SSSR count). The lowest BCUT2D eigenvalue weighted by molar-refractivity contribution is 0.0905. The van der Waals surface area contributed by atoms with E-state index in [1.54, 1.807) is 42.9 Å². The van der Waals surface area contributed by atoms with Gasteiger partial charge in [-0.25, -0.2) is 9.48 Å². The first-order valence-electron chi connectivity index (χ1n) is 8.89. The van der Waals surface area contributed by atoms with Crippen molar-refractivity contribution in [3.63, 3.8) is 0 Å². The van der Waals surface area contributed by atoms with Crippen molar-refractivity contribution in [2.45, 2.75) is 38.1 Å². The van der Waals surface area contributed by atoms with Crippen LogP contribution in [-0.2, 0) is 20.5 Å². The molecule has 136 valence electrons. The summed E-state index contributed by atoms with van der Waals surface area (Å²) in [6.07, 6.45) is 4.75. The van der Waals surface area contributed by atoms with Gasteiger partial charge in [-0.15, -0.1) is 0 Å². The van der Waals surface area contributed by atoms with Crippen LogP contribution < -0.4 is 11.0 Å². The van der Waals surface area contributed by atoms with Crippen LogP contribution in [0.4, 0.5) is 0 Å². The molecule has 1 aromatic carbocycles. The van der Waals surface area contributed by atoms with Crippen molar-refractivity contribution in [2.75, 3.05) is 0 Å². The van der Waals surface area contributed by atoms with Crippen molar-refractivity contribution in [2.24, 2.45) is 20.0 Å². The third kappa shape index (κ3) is 3.69. The van der Waals surface area contributed by atoms with Crippen LogP contribution >= 0.6 is 0 Å². The Kier molecular flexibility index (Phi) is 5.21. The molecule has 2 atom stereocenters. The van der Waals surface area contributed by atoms with Gasteiger partial charge in [0.1, 0.15) is 5.82 Å². The van der Waals surface area contributed by atoms with Crippen LogP contribution in [0, 0.1) is 17.2 Å². The second kappa shape index (κ2) is 7.56. The molecule has 0 unspecified atom stereocenters. The number of benzene rings is 1.